The van der Waals surface area contributed by atoms with Crippen LogP contribution in [-0.4, -0.2) is 83.8 Å². The second-order valence-electron chi connectivity index (χ2n) is 9.54. The third-order valence-corrected chi connectivity index (χ3v) is 6.52. The minimum absolute atomic E-state index is 0.459. The molecule has 1 aromatic heterocycles. The average molecular weight is 521 g/mol. The molecule has 0 aliphatic carbocycles. The lowest BCUT2D eigenvalue weighted by atomic mass is 10.1. The summed E-state index contributed by atoms with van der Waals surface area (Å²) in [5.74, 6) is 1.45. The van der Waals surface area contributed by atoms with Crippen LogP contribution in [0.3, 0.4) is 0 Å². The zero-order valence-corrected chi connectivity index (χ0v) is 22.8. The van der Waals surface area contributed by atoms with Gasteiger partial charge >= 0.3 is 0 Å². The molecule has 3 aromatic rings. The molecule has 0 atom stereocenters. The van der Waals surface area contributed by atoms with Crippen LogP contribution in [0.2, 0.25) is 0 Å². The molecule has 0 bridgehead atoms. The first-order valence-electron chi connectivity index (χ1n) is 13.2. The number of pyridine rings is 1. The van der Waals surface area contributed by atoms with Crippen LogP contribution in [0.1, 0.15) is 11.1 Å². The van der Waals surface area contributed by atoms with E-state index < -0.39 is 0 Å². The molecule has 0 unspecified atom stereocenters. The Balaban J connectivity index is 1.39. The zero-order valence-electron chi connectivity index (χ0n) is 22.8. The van der Waals surface area contributed by atoms with Gasteiger partial charge in [0.15, 0.2) is 0 Å². The molecule has 1 fully saturated rings. The zero-order chi connectivity index (χ0) is 26.6. The second-order valence-corrected chi connectivity index (χ2v) is 9.54. The largest absolute Gasteiger partial charge is 0.497 e. The fraction of sp³-hybridized carbons (Fsp3) is 0.433. The highest BCUT2D eigenvalue weighted by atomic mass is 16.5. The molecule has 0 amide bonds. The van der Waals surface area contributed by atoms with Gasteiger partial charge in [-0.2, -0.15) is 0 Å². The topological polar surface area (TPSA) is 59.5 Å². The predicted octanol–water partition coefficient (Wildman–Crippen LogP) is 4.09. The van der Waals surface area contributed by atoms with Gasteiger partial charge in [-0.05, 0) is 41.5 Å². The van der Waals surface area contributed by atoms with Crippen LogP contribution in [0.4, 0.5) is 11.4 Å². The van der Waals surface area contributed by atoms with Crippen LogP contribution in [0.15, 0.2) is 66.9 Å². The predicted molar refractivity (Wildman–Crippen MR) is 151 cm³/mol. The first-order chi connectivity index (χ1) is 18.6. The highest BCUT2D eigenvalue weighted by Gasteiger charge is 2.13. The van der Waals surface area contributed by atoms with E-state index in [0.29, 0.717) is 25.7 Å². The Morgan fingerprint density at radius 3 is 2.39 bits per heavy atom. The van der Waals surface area contributed by atoms with Crippen molar-refractivity contribution in [1.82, 2.24) is 9.88 Å². The Morgan fingerprint density at radius 2 is 1.63 bits per heavy atom. The molecular weight excluding hydrogens is 480 g/mol. The number of nitrogens with zero attached hydrogens (tertiary/aromatic N) is 4. The molecular formula is C30H40N4O4. The molecule has 8 heteroatoms. The summed E-state index contributed by atoms with van der Waals surface area (Å²) in [6.45, 7) is 7.63. The number of ether oxygens (including phenoxy) is 4. The van der Waals surface area contributed by atoms with Gasteiger partial charge in [0.1, 0.15) is 12.4 Å². The smallest absolute Gasteiger partial charge is 0.215 e. The summed E-state index contributed by atoms with van der Waals surface area (Å²) < 4.78 is 22.6. The summed E-state index contributed by atoms with van der Waals surface area (Å²) in [6, 6.07) is 20.9. The van der Waals surface area contributed by atoms with Crippen LogP contribution < -0.4 is 19.3 Å². The minimum atomic E-state index is 0.459. The molecule has 0 radical (unpaired) electrons. The fourth-order valence-electron chi connectivity index (χ4n) is 4.38. The number of hydrogen-bond acceptors (Lipinski definition) is 8. The number of hydrogen-bond donors (Lipinski definition) is 0. The van der Waals surface area contributed by atoms with E-state index in [1.54, 1.807) is 13.3 Å². The highest BCUT2D eigenvalue weighted by molar-refractivity contribution is 5.52. The van der Waals surface area contributed by atoms with E-state index in [1.165, 1.54) is 16.8 Å². The molecule has 1 aliphatic rings. The quantitative estimate of drug-likeness (QED) is 0.295. The summed E-state index contributed by atoms with van der Waals surface area (Å²) in [7, 11) is 5.82. The summed E-state index contributed by atoms with van der Waals surface area (Å²) in [4.78, 5) is 11.3. The summed E-state index contributed by atoms with van der Waals surface area (Å²) in [5.41, 5.74) is 4.62. The van der Waals surface area contributed by atoms with Crippen molar-refractivity contribution in [2.24, 2.45) is 0 Å². The van der Waals surface area contributed by atoms with Gasteiger partial charge in [0.05, 0.1) is 33.5 Å². The summed E-state index contributed by atoms with van der Waals surface area (Å²) in [5, 5.41) is 0. The molecule has 0 N–H and O–H groups in total. The van der Waals surface area contributed by atoms with E-state index in [0.717, 1.165) is 57.4 Å². The monoisotopic (exact) mass is 520 g/mol. The maximum absolute atomic E-state index is 5.95. The normalized spacial score (nSPS) is 13.8. The Hall–Kier alpha value is -3.33. The Labute approximate surface area is 226 Å². The number of morpholine rings is 1. The molecule has 0 saturated carbocycles. The average Bonchev–Trinajstić information content (AvgIpc) is 2.95. The maximum atomic E-state index is 5.95. The highest BCUT2D eigenvalue weighted by Crippen LogP contribution is 2.25. The fourth-order valence-corrected chi connectivity index (χ4v) is 4.38. The lowest BCUT2D eigenvalue weighted by molar-refractivity contribution is 0.0168. The number of rotatable bonds is 14. The van der Waals surface area contributed by atoms with Crippen molar-refractivity contribution < 1.29 is 18.9 Å². The van der Waals surface area contributed by atoms with Crippen molar-refractivity contribution in [3.63, 3.8) is 0 Å². The molecule has 4 rings (SSSR count). The molecule has 1 saturated heterocycles. The number of anilines is 2. The summed E-state index contributed by atoms with van der Waals surface area (Å²) in [6.07, 6.45) is 1.80. The second kappa shape index (κ2) is 14.6. The Kier molecular flexibility index (Phi) is 10.6. The lowest BCUT2D eigenvalue weighted by Gasteiger charge is -2.26. The van der Waals surface area contributed by atoms with Gasteiger partial charge < -0.3 is 28.7 Å². The Morgan fingerprint density at radius 1 is 0.868 bits per heavy atom. The van der Waals surface area contributed by atoms with Gasteiger partial charge in [0.2, 0.25) is 5.88 Å². The van der Waals surface area contributed by atoms with E-state index in [-0.39, 0.29) is 0 Å². The molecule has 2 aromatic carbocycles. The molecule has 1 aliphatic heterocycles. The van der Waals surface area contributed by atoms with Crippen LogP contribution in [-0.2, 0) is 22.6 Å². The number of benzene rings is 2. The van der Waals surface area contributed by atoms with Gasteiger partial charge in [0, 0.05) is 70.5 Å². The molecule has 0 spiro atoms. The van der Waals surface area contributed by atoms with Gasteiger partial charge in [-0.25, -0.2) is 4.98 Å². The van der Waals surface area contributed by atoms with E-state index in [1.807, 2.05) is 24.3 Å². The van der Waals surface area contributed by atoms with Gasteiger partial charge in [-0.3, -0.25) is 4.90 Å². The van der Waals surface area contributed by atoms with E-state index in [2.05, 4.69) is 70.2 Å². The molecule has 8 nitrogen and oxygen atoms in total. The third-order valence-electron chi connectivity index (χ3n) is 6.52. The van der Waals surface area contributed by atoms with Crippen LogP contribution in [0.5, 0.6) is 11.6 Å². The standard InChI is InChI=1S/C30H40N4O4/c1-32(2)27-8-4-6-25(20-27)23-34(24-26-7-5-9-29(21-26)35-3)28-10-11-31-30(22-28)38-19-18-37-17-14-33-12-15-36-16-13-33/h4-11,20-22H,12-19,23-24H2,1-3H3. The van der Waals surface area contributed by atoms with Crippen LogP contribution in [0.25, 0.3) is 0 Å². The van der Waals surface area contributed by atoms with Crippen molar-refractivity contribution in [2.45, 2.75) is 13.1 Å². The molecule has 2 heterocycles. The molecule has 38 heavy (non-hydrogen) atoms. The molecule has 204 valence electrons. The van der Waals surface area contributed by atoms with E-state index in [9.17, 15) is 0 Å². The van der Waals surface area contributed by atoms with Gasteiger partial charge in [-0.15, -0.1) is 0 Å². The first kappa shape index (κ1) is 27.7. The van der Waals surface area contributed by atoms with E-state index in [4.69, 9.17) is 18.9 Å². The lowest BCUT2D eigenvalue weighted by Crippen LogP contribution is -2.38. The van der Waals surface area contributed by atoms with Crippen LogP contribution in [0, 0.1) is 0 Å². The minimum Gasteiger partial charge on any atom is -0.497 e. The van der Waals surface area contributed by atoms with Crippen molar-refractivity contribution in [3.05, 3.63) is 78.0 Å². The Bertz CT molecular complexity index is 1120. The van der Waals surface area contributed by atoms with Crippen molar-refractivity contribution in [1.29, 1.82) is 0 Å². The van der Waals surface area contributed by atoms with E-state index >= 15 is 0 Å². The SMILES string of the molecule is COc1cccc(CN(Cc2cccc(N(C)C)c2)c2ccnc(OCCOCCN3CCOCC3)c2)c1. The summed E-state index contributed by atoms with van der Waals surface area (Å²) >= 11 is 0. The number of methoxy groups -OCH3 is 1. The van der Waals surface area contributed by atoms with Crippen molar-refractivity contribution in [2.75, 3.05) is 83.7 Å². The first-order valence-corrected chi connectivity index (χ1v) is 13.2. The maximum Gasteiger partial charge on any atom is 0.215 e. The van der Waals surface area contributed by atoms with Gasteiger partial charge in [-0.1, -0.05) is 24.3 Å². The number of aromatic nitrogens is 1. The van der Waals surface area contributed by atoms with Crippen molar-refractivity contribution in [3.8, 4) is 11.6 Å². The van der Waals surface area contributed by atoms with Gasteiger partial charge in [0.25, 0.3) is 0 Å². The van der Waals surface area contributed by atoms with Crippen molar-refractivity contribution >= 4 is 11.4 Å². The van der Waals surface area contributed by atoms with Crippen LogP contribution >= 0.6 is 0 Å². The third kappa shape index (κ3) is 8.62.